The molecule has 1 aromatic carbocycles. The Labute approximate surface area is 140 Å². The quantitative estimate of drug-likeness (QED) is 0.798. The molecule has 0 aliphatic carbocycles. The Morgan fingerprint density at radius 1 is 1.25 bits per heavy atom. The van der Waals surface area contributed by atoms with Crippen LogP contribution in [0.4, 0.5) is 0 Å². The van der Waals surface area contributed by atoms with Gasteiger partial charge in [0.2, 0.25) is 5.89 Å². The predicted octanol–water partition coefficient (Wildman–Crippen LogP) is 1.85. The van der Waals surface area contributed by atoms with Crippen LogP contribution >= 0.6 is 0 Å². The van der Waals surface area contributed by atoms with Crippen molar-refractivity contribution in [2.45, 2.75) is 20.4 Å². The summed E-state index contributed by atoms with van der Waals surface area (Å²) in [7, 11) is 0. The first kappa shape index (κ1) is 17.5. The number of nitrogens with one attached hydrogen (secondary N) is 1. The molecule has 0 aliphatic rings. The van der Waals surface area contributed by atoms with Gasteiger partial charge >= 0.3 is 0 Å². The van der Waals surface area contributed by atoms with Crippen molar-refractivity contribution >= 4 is 11.8 Å². The van der Waals surface area contributed by atoms with Crippen LogP contribution in [0.2, 0.25) is 0 Å². The highest BCUT2D eigenvalue weighted by Gasteiger charge is 2.17. The number of rotatable bonds is 8. The standard InChI is InChI=1S/C17H21N3O4/c1-3-18-17(22)14-11-24-15(19-14)10-20(4-2)16(21)12-23-13-8-6-5-7-9-13/h5-9,11H,3-4,10,12H2,1-2H3,(H,18,22). The number of benzene rings is 1. The maximum absolute atomic E-state index is 12.2. The van der Waals surface area contributed by atoms with Gasteiger partial charge in [0.15, 0.2) is 12.3 Å². The molecule has 0 aliphatic heterocycles. The van der Waals surface area contributed by atoms with E-state index in [1.807, 2.05) is 32.0 Å². The Bertz CT molecular complexity index is 669. The van der Waals surface area contributed by atoms with E-state index in [9.17, 15) is 9.59 Å². The molecule has 0 fully saturated rings. The SMILES string of the molecule is CCNC(=O)c1coc(CN(CC)C(=O)COc2ccccc2)n1. The summed E-state index contributed by atoms with van der Waals surface area (Å²) >= 11 is 0. The number of amides is 2. The molecule has 0 saturated heterocycles. The molecule has 128 valence electrons. The molecule has 0 saturated carbocycles. The predicted molar refractivity (Wildman–Crippen MR) is 87.5 cm³/mol. The van der Waals surface area contributed by atoms with Gasteiger partial charge in [-0.2, -0.15) is 0 Å². The maximum Gasteiger partial charge on any atom is 0.273 e. The fraction of sp³-hybridized carbons (Fsp3) is 0.353. The number of ether oxygens (including phenoxy) is 1. The van der Waals surface area contributed by atoms with E-state index < -0.39 is 0 Å². The molecule has 2 rings (SSSR count). The summed E-state index contributed by atoms with van der Waals surface area (Å²) in [6, 6.07) is 9.13. The van der Waals surface area contributed by atoms with Gasteiger partial charge in [0, 0.05) is 13.1 Å². The number of likely N-dealkylation sites (N-methyl/N-ethyl adjacent to an activating group) is 1. The summed E-state index contributed by atoms with van der Waals surface area (Å²) < 4.78 is 10.7. The van der Waals surface area contributed by atoms with Crippen molar-refractivity contribution in [1.82, 2.24) is 15.2 Å². The van der Waals surface area contributed by atoms with Gasteiger partial charge in [-0.3, -0.25) is 9.59 Å². The second kappa shape index (κ2) is 8.71. The molecule has 0 atom stereocenters. The van der Waals surface area contributed by atoms with Crippen molar-refractivity contribution < 1.29 is 18.7 Å². The minimum absolute atomic E-state index is 0.0677. The zero-order valence-corrected chi connectivity index (χ0v) is 13.8. The van der Waals surface area contributed by atoms with Crippen LogP contribution in [0.15, 0.2) is 41.0 Å². The average Bonchev–Trinajstić information content (AvgIpc) is 3.07. The second-order valence-electron chi connectivity index (χ2n) is 5.00. The van der Waals surface area contributed by atoms with Crippen LogP contribution in [0.3, 0.4) is 0 Å². The number of hydrogen-bond acceptors (Lipinski definition) is 5. The first-order valence-electron chi connectivity index (χ1n) is 7.82. The van der Waals surface area contributed by atoms with Crippen molar-refractivity contribution in [2.24, 2.45) is 0 Å². The van der Waals surface area contributed by atoms with Gasteiger partial charge in [-0.25, -0.2) is 4.98 Å². The Balaban J connectivity index is 1.91. The Morgan fingerprint density at radius 2 is 2.00 bits per heavy atom. The highest BCUT2D eigenvalue weighted by Crippen LogP contribution is 2.10. The molecule has 0 unspecified atom stereocenters. The lowest BCUT2D eigenvalue weighted by molar-refractivity contribution is -0.134. The molecule has 1 aromatic heterocycles. The fourth-order valence-corrected chi connectivity index (χ4v) is 2.03. The molecular weight excluding hydrogens is 310 g/mol. The molecule has 7 nitrogen and oxygen atoms in total. The Morgan fingerprint density at radius 3 is 2.67 bits per heavy atom. The first-order valence-corrected chi connectivity index (χ1v) is 7.82. The van der Waals surface area contributed by atoms with E-state index in [1.165, 1.54) is 6.26 Å². The number of aromatic nitrogens is 1. The van der Waals surface area contributed by atoms with Crippen molar-refractivity contribution in [1.29, 1.82) is 0 Å². The average molecular weight is 331 g/mol. The van der Waals surface area contributed by atoms with Gasteiger partial charge in [-0.05, 0) is 26.0 Å². The van der Waals surface area contributed by atoms with Crippen LogP contribution in [0.25, 0.3) is 0 Å². The minimum atomic E-state index is -0.297. The topological polar surface area (TPSA) is 84.7 Å². The maximum atomic E-state index is 12.2. The summed E-state index contributed by atoms with van der Waals surface area (Å²) in [5.74, 6) is 0.469. The summed E-state index contributed by atoms with van der Waals surface area (Å²) in [6.07, 6.45) is 1.29. The lowest BCUT2D eigenvalue weighted by atomic mass is 10.3. The third-order valence-corrected chi connectivity index (χ3v) is 3.29. The fourth-order valence-electron chi connectivity index (χ4n) is 2.03. The third kappa shape index (κ3) is 4.84. The molecule has 2 amide bonds. The second-order valence-corrected chi connectivity index (χ2v) is 5.00. The smallest absolute Gasteiger partial charge is 0.273 e. The zero-order chi connectivity index (χ0) is 17.4. The highest BCUT2D eigenvalue weighted by atomic mass is 16.5. The Kier molecular flexibility index (Phi) is 6.36. The summed E-state index contributed by atoms with van der Waals surface area (Å²) in [4.78, 5) is 29.6. The number of oxazole rings is 1. The van der Waals surface area contributed by atoms with Gasteiger partial charge in [0.1, 0.15) is 12.0 Å². The van der Waals surface area contributed by atoms with Crippen LogP contribution < -0.4 is 10.1 Å². The van der Waals surface area contributed by atoms with E-state index in [0.29, 0.717) is 24.7 Å². The number of carbonyl (C=O) groups is 2. The van der Waals surface area contributed by atoms with E-state index in [4.69, 9.17) is 9.15 Å². The molecule has 0 spiro atoms. The van der Waals surface area contributed by atoms with Crippen LogP contribution in [0.1, 0.15) is 30.2 Å². The van der Waals surface area contributed by atoms with Gasteiger partial charge in [0.25, 0.3) is 11.8 Å². The normalized spacial score (nSPS) is 10.2. The van der Waals surface area contributed by atoms with Crippen molar-refractivity contribution in [3.63, 3.8) is 0 Å². The van der Waals surface area contributed by atoms with Crippen molar-refractivity contribution in [3.8, 4) is 5.75 Å². The number of nitrogens with zero attached hydrogens (tertiary/aromatic N) is 2. The molecule has 2 aromatic rings. The first-order chi connectivity index (χ1) is 11.6. The van der Waals surface area contributed by atoms with Crippen LogP contribution in [-0.4, -0.2) is 41.4 Å². The van der Waals surface area contributed by atoms with Gasteiger partial charge in [-0.15, -0.1) is 0 Å². The molecule has 1 N–H and O–H groups in total. The van der Waals surface area contributed by atoms with E-state index in [-0.39, 0.29) is 30.7 Å². The summed E-state index contributed by atoms with van der Waals surface area (Å²) in [6.45, 7) is 4.79. The number of hydrogen-bond donors (Lipinski definition) is 1. The number of carbonyl (C=O) groups excluding carboxylic acids is 2. The monoisotopic (exact) mass is 331 g/mol. The van der Waals surface area contributed by atoms with Gasteiger partial charge in [0.05, 0.1) is 6.54 Å². The molecular formula is C17H21N3O4. The highest BCUT2D eigenvalue weighted by molar-refractivity contribution is 5.91. The molecule has 0 radical (unpaired) electrons. The molecule has 1 heterocycles. The molecule has 7 heteroatoms. The summed E-state index contributed by atoms with van der Waals surface area (Å²) in [5.41, 5.74) is 0.205. The summed E-state index contributed by atoms with van der Waals surface area (Å²) in [5, 5.41) is 2.64. The van der Waals surface area contributed by atoms with Crippen molar-refractivity contribution in [3.05, 3.63) is 48.2 Å². The van der Waals surface area contributed by atoms with E-state index in [2.05, 4.69) is 10.3 Å². The lowest BCUT2D eigenvalue weighted by Crippen LogP contribution is -2.34. The largest absolute Gasteiger partial charge is 0.484 e. The molecule has 24 heavy (non-hydrogen) atoms. The van der Waals surface area contributed by atoms with E-state index in [0.717, 1.165) is 0 Å². The Hall–Kier alpha value is -2.83. The van der Waals surface area contributed by atoms with E-state index in [1.54, 1.807) is 17.0 Å². The van der Waals surface area contributed by atoms with Crippen molar-refractivity contribution in [2.75, 3.05) is 19.7 Å². The minimum Gasteiger partial charge on any atom is -0.484 e. The van der Waals surface area contributed by atoms with Crippen LogP contribution in [-0.2, 0) is 11.3 Å². The third-order valence-electron chi connectivity index (χ3n) is 3.29. The lowest BCUT2D eigenvalue weighted by Gasteiger charge is -2.19. The molecule has 0 bridgehead atoms. The van der Waals surface area contributed by atoms with Crippen LogP contribution in [0, 0.1) is 0 Å². The van der Waals surface area contributed by atoms with Crippen LogP contribution in [0.5, 0.6) is 5.75 Å². The van der Waals surface area contributed by atoms with Gasteiger partial charge in [-0.1, -0.05) is 18.2 Å². The zero-order valence-electron chi connectivity index (χ0n) is 13.8. The van der Waals surface area contributed by atoms with Gasteiger partial charge < -0.3 is 19.4 Å². The van der Waals surface area contributed by atoms with E-state index >= 15 is 0 Å². The number of para-hydroxylation sites is 1.